The Morgan fingerprint density at radius 3 is 2.29 bits per heavy atom. The summed E-state index contributed by atoms with van der Waals surface area (Å²) in [4.78, 5) is 2.13. The van der Waals surface area contributed by atoms with Crippen LogP contribution in [-0.4, -0.2) is 43.6 Å². The number of halogens is 3. The quantitative estimate of drug-likeness (QED) is 0.583. The Morgan fingerprint density at radius 1 is 1.00 bits per heavy atom. The minimum absolute atomic E-state index is 0.218. The van der Waals surface area contributed by atoms with E-state index in [0.717, 1.165) is 35.2 Å². The largest absolute Gasteiger partial charge is 0.573 e. The number of hydrogen-bond donors (Lipinski definition) is 0. The van der Waals surface area contributed by atoms with Crippen molar-refractivity contribution in [2.24, 2.45) is 0 Å². The van der Waals surface area contributed by atoms with Crippen LogP contribution in [0.2, 0.25) is 0 Å². The van der Waals surface area contributed by atoms with Crippen molar-refractivity contribution in [2.75, 3.05) is 27.7 Å². The van der Waals surface area contributed by atoms with E-state index < -0.39 is 6.36 Å². The summed E-state index contributed by atoms with van der Waals surface area (Å²) >= 11 is 0. The van der Waals surface area contributed by atoms with Crippen molar-refractivity contribution >= 4 is 10.9 Å². The molecule has 4 nitrogen and oxygen atoms in total. The van der Waals surface area contributed by atoms with Crippen molar-refractivity contribution in [3.05, 3.63) is 59.8 Å². The van der Waals surface area contributed by atoms with Gasteiger partial charge in [-0.05, 0) is 62.0 Å². The second-order valence-electron chi connectivity index (χ2n) is 6.91. The first-order valence-corrected chi connectivity index (χ1v) is 8.90. The Morgan fingerprint density at radius 2 is 1.68 bits per heavy atom. The second kappa shape index (κ2) is 8.14. The van der Waals surface area contributed by atoms with Gasteiger partial charge in [-0.2, -0.15) is 0 Å². The summed E-state index contributed by atoms with van der Waals surface area (Å²) in [6, 6.07) is 11.9. The van der Waals surface area contributed by atoms with Gasteiger partial charge in [0, 0.05) is 30.2 Å². The summed E-state index contributed by atoms with van der Waals surface area (Å²) in [7, 11) is 5.71. The molecule has 0 radical (unpaired) electrons. The molecule has 3 aromatic rings. The van der Waals surface area contributed by atoms with Crippen LogP contribution >= 0.6 is 0 Å². The van der Waals surface area contributed by atoms with Gasteiger partial charge in [-0.1, -0.05) is 12.1 Å². The highest BCUT2D eigenvalue weighted by molar-refractivity contribution is 5.85. The van der Waals surface area contributed by atoms with Crippen LogP contribution in [-0.2, 0) is 13.0 Å². The third kappa shape index (κ3) is 4.98. The van der Waals surface area contributed by atoms with E-state index in [0.29, 0.717) is 6.54 Å². The molecule has 0 unspecified atom stereocenters. The maximum Gasteiger partial charge on any atom is 0.573 e. The van der Waals surface area contributed by atoms with Gasteiger partial charge >= 0.3 is 6.36 Å². The molecule has 0 bridgehead atoms. The molecule has 0 N–H and O–H groups in total. The van der Waals surface area contributed by atoms with Crippen molar-refractivity contribution in [1.29, 1.82) is 0 Å². The van der Waals surface area contributed by atoms with Crippen LogP contribution in [0, 0.1) is 0 Å². The minimum atomic E-state index is -4.68. The van der Waals surface area contributed by atoms with Crippen LogP contribution in [0.4, 0.5) is 13.2 Å². The molecule has 0 saturated carbocycles. The first-order valence-electron chi connectivity index (χ1n) is 8.90. The summed E-state index contributed by atoms with van der Waals surface area (Å²) in [5.74, 6) is 0.579. The van der Waals surface area contributed by atoms with E-state index in [2.05, 4.69) is 20.4 Å². The summed E-state index contributed by atoms with van der Waals surface area (Å²) in [5.41, 5.74) is 3.16. The van der Waals surface area contributed by atoms with Crippen molar-refractivity contribution in [3.8, 4) is 11.5 Å². The van der Waals surface area contributed by atoms with E-state index in [9.17, 15) is 13.2 Å². The summed E-state index contributed by atoms with van der Waals surface area (Å²) < 4.78 is 48.4. The number of hydrogen-bond acceptors (Lipinski definition) is 3. The first-order chi connectivity index (χ1) is 13.2. The van der Waals surface area contributed by atoms with Gasteiger partial charge in [0.1, 0.15) is 11.5 Å². The van der Waals surface area contributed by atoms with Crippen LogP contribution in [0.25, 0.3) is 10.9 Å². The molecular weight excluding hydrogens is 369 g/mol. The highest BCUT2D eigenvalue weighted by Crippen LogP contribution is 2.28. The van der Waals surface area contributed by atoms with Crippen molar-refractivity contribution in [3.63, 3.8) is 0 Å². The molecule has 0 aliphatic carbocycles. The number of benzene rings is 2. The van der Waals surface area contributed by atoms with Crippen molar-refractivity contribution in [1.82, 2.24) is 9.47 Å². The Labute approximate surface area is 162 Å². The third-order valence-electron chi connectivity index (χ3n) is 4.51. The number of rotatable bonds is 7. The lowest BCUT2D eigenvalue weighted by molar-refractivity contribution is -0.274. The van der Waals surface area contributed by atoms with E-state index in [1.54, 1.807) is 19.2 Å². The number of ether oxygens (including phenoxy) is 2. The average Bonchev–Trinajstić information content (AvgIpc) is 2.97. The van der Waals surface area contributed by atoms with Crippen molar-refractivity contribution in [2.45, 2.75) is 19.3 Å². The SMILES string of the molecule is COc1ccc2c(c1)c(CCN(C)C)cn2Cc1ccc(OC(F)(F)F)cc1. The lowest BCUT2D eigenvalue weighted by Crippen LogP contribution is -2.17. The fourth-order valence-electron chi connectivity index (χ4n) is 3.14. The third-order valence-corrected chi connectivity index (χ3v) is 4.51. The van der Waals surface area contributed by atoms with Gasteiger partial charge in [0.05, 0.1) is 7.11 Å². The standard InChI is InChI=1S/C21H23F3N2O2/c1-25(2)11-10-16-14-26(20-9-8-18(27-3)12-19(16)20)13-15-4-6-17(7-5-15)28-21(22,23)24/h4-9,12,14H,10-11,13H2,1-3H3. The monoisotopic (exact) mass is 392 g/mol. The predicted molar refractivity (Wildman–Crippen MR) is 103 cm³/mol. The van der Waals surface area contributed by atoms with Crippen molar-refractivity contribution < 1.29 is 22.6 Å². The minimum Gasteiger partial charge on any atom is -0.497 e. The lowest BCUT2D eigenvalue weighted by atomic mass is 10.1. The number of aromatic nitrogens is 1. The molecule has 0 amide bonds. The number of methoxy groups -OCH3 is 1. The van der Waals surface area contributed by atoms with Gasteiger partial charge in [0.15, 0.2) is 0 Å². The lowest BCUT2D eigenvalue weighted by Gasteiger charge is -2.10. The zero-order valence-corrected chi connectivity index (χ0v) is 16.1. The molecule has 3 rings (SSSR count). The van der Waals surface area contributed by atoms with Crippen LogP contribution in [0.3, 0.4) is 0 Å². The Kier molecular flexibility index (Phi) is 5.84. The van der Waals surface area contributed by atoms with E-state index in [1.165, 1.54) is 17.7 Å². The molecular formula is C21H23F3N2O2. The molecule has 0 spiro atoms. The highest BCUT2D eigenvalue weighted by Gasteiger charge is 2.30. The second-order valence-corrected chi connectivity index (χ2v) is 6.91. The molecule has 7 heteroatoms. The molecule has 0 saturated heterocycles. The predicted octanol–water partition coefficient (Wildman–Crippen LogP) is 4.70. The van der Waals surface area contributed by atoms with E-state index in [4.69, 9.17) is 4.74 Å². The zero-order valence-electron chi connectivity index (χ0n) is 16.1. The van der Waals surface area contributed by atoms with Gasteiger partial charge in [0.25, 0.3) is 0 Å². The molecule has 1 heterocycles. The van der Waals surface area contributed by atoms with E-state index >= 15 is 0 Å². The fourth-order valence-corrected chi connectivity index (χ4v) is 3.14. The molecule has 0 fully saturated rings. The first kappa shape index (κ1) is 20.1. The number of likely N-dealkylation sites (N-methyl/N-ethyl adjacent to an activating group) is 1. The fraction of sp³-hybridized carbons (Fsp3) is 0.333. The molecule has 2 aromatic carbocycles. The molecule has 1 aromatic heterocycles. The van der Waals surface area contributed by atoms with E-state index in [-0.39, 0.29) is 5.75 Å². The number of fused-ring (bicyclic) bond motifs is 1. The normalized spacial score (nSPS) is 12.0. The summed E-state index contributed by atoms with van der Waals surface area (Å²) in [6.07, 6.45) is -1.69. The summed E-state index contributed by atoms with van der Waals surface area (Å²) in [6.45, 7) is 1.47. The molecule has 0 aliphatic heterocycles. The maximum atomic E-state index is 12.3. The number of nitrogens with zero attached hydrogens (tertiary/aromatic N) is 2. The molecule has 0 atom stereocenters. The van der Waals surface area contributed by atoms with Crippen LogP contribution in [0.1, 0.15) is 11.1 Å². The molecule has 150 valence electrons. The smallest absolute Gasteiger partial charge is 0.497 e. The van der Waals surface area contributed by atoms with Crippen LogP contribution < -0.4 is 9.47 Å². The van der Waals surface area contributed by atoms with Gasteiger partial charge in [-0.3, -0.25) is 0 Å². The van der Waals surface area contributed by atoms with Crippen LogP contribution in [0.5, 0.6) is 11.5 Å². The van der Waals surface area contributed by atoms with Gasteiger partial charge < -0.3 is 18.9 Å². The maximum absolute atomic E-state index is 12.3. The average molecular weight is 392 g/mol. The number of alkyl halides is 3. The van der Waals surface area contributed by atoms with Gasteiger partial charge in [0.2, 0.25) is 0 Å². The van der Waals surface area contributed by atoms with Gasteiger partial charge in [-0.15, -0.1) is 13.2 Å². The van der Waals surface area contributed by atoms with E-state index in [1.807, 2.05) is 32.3 Å². The Hall–Kier alpha value is -2.67. The van der Waals surface area contributed by atoms with Gasteiger partial charge in [-0.25, -0.2) is 0 Å². The molecule has 28 heavy (non-hydrogen) atoms. The molecule has 0 aliphatic rings. The zero-order chi connectivity index (χ0) is 20.3. The Balaban J connectivity index is 1.87. The Bertz CT molecular complexity index is 931. The summed E-state index contributed by atoms with van der Waals surface area (Å²) in [5, 5.41) is 1.12. The highest BCUT2D eigenvalue weighted by atomic mass is 19.4. The van der Waals surface area contributed by atoms with Crippen LogP contribution in [0.15, 0.2) is 48.7 Å². The topological polar surface area (TPSA) is 26.6 Å².